The fourth-order valence-corrected chi connectivity index (χ4v) is 2.91. The summed E-state index contributed by atoms with van der Waals surface area (Å²) in [6, 6.07) is 6.63. The first-order valence-corrected chi connectivity index (χ1v) is 10.5. The second-order valence-corrected chi connectivity index (χ2v) is 7.57. The number of hydrogen-bond acceptors (Lipinski definition) is 4. The van der Waals surface area contributed by atoms with Gasteiger partial charge in [-0.15, -0.1) is 0 Å². The lowest BCUT2D eigenvalue weighted by Crippen LogP contribution is -2.17. The summed E-state index contributed by atoms with van der Waals surface area (Å²) in [5.41, 5.74) is -2.52. The van der Waals surface area contributed by atoms with Gasteiger partial charge in [0.25, 0.3) is 5.91 Å². The largest absolute Gasteiger partial charge is 0.505 e. The van der Waals surface area contributed by atoms with Crippen LogP contribution in [0.15, 0.2) is 65.6 Å². The van der Waals surface area contributed by atoms with Crippen molar-refractivity contribution >= 4 is 11.6 Å². The highest BCUT2D eigenvalue weighted by molar-refractivity contribution is 6.06. The summed E-state index contributed by atoms with van der Waals surface area (Å²) in [5, 5.41) is 10.6. The normalized spacial score (nSPS) is 10.9. The first kappa shape index (κ1) is 29.6. The van der Waals surface area contributed by atoms with Gasteiger partial charge in [0.15, 0.2) is 34.8 Å². The number of hydrogen-bond donors (Lipinski definition) is 3. The number of amides is 1. The molecule has 0 fully saturated rings. The van der Waals surface area contributed by atoms with E-state index in [1.54, 1.807) is 0 Å². The van der Waals surface area contributed by atoms with E-state index in [1.165, 1.54) is 12.3 Å². The van der Waals surface area contributed by atoms with Gasteiger partial charge in [0.2, 0.25) is 17.2 Å². The number of aromatic hydroxyl groups is 1. The van der Waals surface area contributed by atoms with Crippen molar-refractivity contribution < 1.29 is 54.2 Å². The Morgan fingerprint density at radius 1 is 0.775 bits per heavy atom. The third-order valence-electron chi connectivity index (χ3n) is 4.82. The molecule has 0 aliphatic heterocycles. The third-order valence-corrected chi connectivity index (χ3v) is 4.82. The maximum atomic E-state index is 13.9. The molecule has 0 radical (unpaired) electrons. The summed E-state index contributed by atoms with van der Waals surface area (Å²) in [4.78, 5) is 26.1. The SMILES string of the molecule is O=C(Nc1cc[nH]c(=O)c1)c1cc(C(F)(F)F)ccc1Oc1ccc(F)c(F)c1F.Oc1ccc(F)c(F)c1F. The molecule has 1 amide bonds. The van der Waals surface area contributed by atoms with E-state index >= 15 is 0 Å². The topological polar surface area (TPSA) is 91.4 Å². The molecule has 0 bridgehead atoms. The Morgan fingerprint density at radius 2 is 1.38 bits per heavy atom. The van der Waals surface area contributed by atoms with Gasteiger partial charge < -0.3 is 20.1 Å². The number of H-pyrrole nitrogens is 1. The van der Waals surface area contributed by atoms with Crippen molar-refractivity contribution in [2.75, 3.05) is 5.32 Å². The van der Waals surface area contributed by atoms with Crippen molar-refractivity contribution in [1.29, 1.82) is 0 Å². The molecule has 0 aliphatic carbocycles. The zero-order chi connectivity index (χ0) is 29.8. The minimum Gasteiger partial charge on any atom is -0.505 e. The minimum atomic E-state index is -4.81. The van der Waals surface area contributed by atoms with Crippen LogP contribution in [-0.2, 0) is 6.18 Å². The van der Waals surface area contributed by atoms with E-state index in [0.717, 1.165) is 18.2 Å². The minimum absolute atomic E-state index is 0.0360. The number of halogens is 9. The fourth-order valence-electron chi connectivity index (χ4n) is 2.91. The predicted octanol–water partition coefficient (Wildman–Crippen LogP) is 6.67. The molecule has 0 saturated carbocycles. The van der Waals surface area contributed by atoms with Gasteiger partial charge in [-0.05, 0) is 48.5 Å². The van der Waals surface area contributed by atoms with Crippen LogP contribution in [0, 0.1) is 34.9 Å². The molecule has 3 aromatic carbocycles. The van der Waals surface area contributed by atoms with Crippen molar-refractivity contribution in [3.8, 4) is 17.2 Å². The number of aromatic nitrogens is 1. The van der Waals surface area contributed by atoms with Gasteiger partial charge >= 0.3 is 6.18 Å². The number of benzene rings is 3. The van der Waals surface area contributed by atoms with Crippen LogP contribution in [0.5, 0.6) is 17.2 Å². The molecule has 1 aromatic heterocycles. The lowest BCUT2D eigenvalue weighted by molar-refractivity contribution is -0.137. The van der Waals surface area contributed by atoms with E-state index in [4.69, 9.17) is 9.84 Å². The van der Waals surface area contributed by atoms with Crippen LogP contribution in [0.1, 0.15) is 15.9 Å². The Balaban J connectivity index is 0.000000371. The number of alkyl halides is 3. The summed E-state index contributed by atoms with van der Waals surface area (Å²) in [6.45, 7) is 0. The smallest absolute Gasteiger partial charge is 0.416 e. The van der Waals surface area contributed by atoms with Crippen molar-refractivity contribution in [2.45, 2.75) is 6.18 Å². The van der Waals surface area contributed by atoms with Gasteiger partial charge in [0, 0.05) is 18.0 Å². The highest BCUT2D eigenvalue weighted by atomic mass is 19.4. The molecule has 6 nitrogen and oxygen atoms in total. The van der Waals surface area contributed by atoms with Crippen LogP contribution in [-0.4, -0.2) is 16.0 Å². The molecule has 3 N–H and O–H groups in total. The van der Waals surface area contributed by atoms with E-state index < -0.39 is 80.9 Å². The molecule has 0 spiro atoms. The van der Waals surface area contributed by atoms with Crippen molar-refractivity contribution in [1.82, 2.24) is 4.98 Å². The second kappa shape index (κ2) is 11.8. The maximum Gasteiger partial charge on any atom is 0.416 e. The highest BCUT2D eigenvalue weighted by Crippen LogP contribution is 2.35. The van der Waals surface area contributed by atoms with E-state index in [2.05, 4.69) is 10.3 Å². The van der Waals surface area contributed by atoms with Crippen LogP contribution in [0.2, 0.25) is 0 Å². The average molecular weight is 576 g/mol. The van der Waals surface area contributed by atoms with Gasteiger partial charge in [-0.25, -0.2) is 17.6 Å². The van der Waals surface area contributed by atoms with Crippen LogP contribution in [0.3, 0.4) is 0 Å². The number of carbonyl (C=O) groups excluding carboxylic acids is 1. The standard InChI is InChI=1S/C19H10F6N2O3.C6H3F3O/c20-12-2-4-14(17(22)16(12)21)30-13-3-1-9(19(23,24)25)7-11(13)18(29)27-10-5-6-26-15(28)8-10;7-3-1-2-4(10)6(9)5(3)8/h1-8H,(H2,26,27,28,29);1-2,10H. The maximum absolute atomic E-state index is 13.9. The monoisotopic (exact) mass is 576 g/mol. The van der Waals surface area contributed by atoms with Gasteiger partial charge in [0.05, 0.1) is 11.1 Å². The zero-order valence-corrected chi connectivity index (χ0v) is 19.3. The first-order valence-electron chi connectivity index (χ1n) is 10.5. The Morgan fingerprint density at radius 3 is 1.98 bits per heavy atom. The Kier molecular flexibility index (Phi) is 8.76. The van der Waals surface area contributed by atoms with E-state index in [9.17, 15) is 49.1 Å². The molecule has 210 valence electrons. The number of nitrogens with one attached hydrogen (secondary N) is 2. The molecule has 4 rings (SSSR count). The molecule has 0 saturated heterocycles. The van der Waals surface area contributed by atoms with E-state index in [0.29, 0.717) is 30.3 Å². The number of phenols is 1. The number of rotatable bonds is 4. The summed E-state index contributed by atoms with van der Waals surface area (Å²) >= 11 is 0. The lowest BCUT2D eigenvalue weighted by atomic mass is 10.1. The number of aromatic amines is 1. The molecule has 0 atom stereocenters. The van der Waals surface area contributed by atoms with E-state index in [1.807, 2.05) is 0 Å². The summed E-state index contributed by atoms with van der Waals surface area (Å²) < 4.78 is 121. The van der Waals surface area contributed by atoms with Gasteiger partial charge in [-0.1, -0.05) is 0 Å². The highest BCUT2D eigenvalue weighted by Gasteiger charge is 2.32. The van der Waals surface area contributed by atoms with E-state index in [-0.39, 0.29) is 5.69 Å². The zero-order valence-electron chi connectivity index (χ0n) is 19.3. The second-order valence-electron chi connectivity index (χ2n) is 7.57. The molecule has 4 aromatic rings. The quantitative estimate of drug-likeness (QED) is 0.187. The van der Waals surface area contributed by atoms with Crippen molar-refractivity contribution in [3.05, 3.63) is 117 Å². The van der Waals surface area contributed by atoms with Crippen LogP contribution in [0.4, 0.5) is 45.2 Å². The number of pyridine rings is 1. The fraction of sp³-hybridized carbons (Fsp3) is 0.0400. The Labute approximate surface area is 217 Å². The molecule has 40 heavy (non-hydrogen) atoms. The number of phenolic OH excluding ortho intramolecular Hbond substituents is 1. The molecule has 1 heterocycles. The molecular weight excluding hydrogens is 563 g/mol. The Hall–Kier alpha value is -4.95. The number of ether oxygens (including phenoxy) is 1. The predicted molar refractivity (Wildman–Crippen MR) is 121 cm³/mol. The summed E-state index contributed by atoms with van der Waals surface area (Å²) in [7, 11) is 0. The van der Waals surface area contributed by atoms with Crippen LogP contribution >= 0.6 is 0 Å². The van der Waals surface area contributed by atoms with Crippen molar-refractivity contribution in [3.63, 3.8) is 0 Å². The third kappa shape index (κ3) is 6.92. The summed E-state index contributed by atoms with van der Waals surface area (Å²) in [5.74, 6) is -13.0. The molecule has 15 heteroatoms. The van der Waals surface area contributed by atoms with Gasteiger partial charge in [-0.3, -0.25) is 9.59 Å². The number of anilines is 1. The van der Waals surface area contributed by atoms with Gasteiger partial charge in [-0.2, -0.15) is 22.0 Å². The Bertz CT molecular complexity index is 1590. The van der Waals surface area contributed by atoms with Crippen LogP contribution < -0.4 is 15.6 Å². The lowest BCUT2D eigenvalue weighted by Gasteiger charge is -2.15. The van der Waals surface area contributed by atoms with Crippen molar-refractivity contribution in [2.24, 2.45) is 0 Å². The number of carbonyl (C=O) groups is 1. The first-order chi connectivity index (χ1) is 18.7. The van der Waals surface area contributed by atoms with Gasteiger partial charge in [0.1, 0.15) is 5.75 Å². The molecule has 0 unspecified atom stereocenters. The summed E-state index contributed by atoms with van der Waals surface area (Å²) in [6.07, 6.45) is -3.62. The van der Waals surface area contributed by atoms with Crippen LogP contribution in [0.25, 0.3) is 0 Å². The average Bonchev–Trinajstić information content (AvgIpc) is 2.90. The molecule has 0 aliphatic rings. The molecular formula is C25H13F9N2O4.